The summed E-state index contributed by atoms with van der Waals surface area (Å²) in [6.07, 6.45) is 1.48. The molecule has 1 saturated heterocycles. The molecule has 2 rings (SSSR count). The summed E-state index contributed by atoms with van der Waals surface area (Å²) in [4.78, 5) is 12.0. The van der Waals surface area contributed by atoms with Gasteiger partial charge < -0.3 is 20.5 Å². The summed E-state index contributed by atoms with van der Waals surface area (Å²) < 4.78 is 5.33. The molecule has 1 aromatic rings. The highest BCUT2D eigenvalue weighted by Gasteiger charge is 2.21. The number of benzene rings is 1. The Morgan fingerprint density at radius 1 is 1.24 bits per heavy atom. The lowest BCUT2D eigenvalue weighted by Crippen LogP contribution is -2.42. The fourth-order valence-electron chi connectivity index (χ4n) is 2.55. The first kappa shape index (κ1) is 15.8. The summed E-state index contributed by atoms with van der Waals surface area (Å²) in [6, 6.07) is 7.13. The van der Waals surface area contributed by atoms with Crippen molar-refractivity contribution < 1.29 is 14.6 Å². The highest BCUT2D eigenvalue weighted by Crippen LogP contribution is 2.19. The van der Waals surface area contributed by atoms with E-state index in [0.717, 1.165) is 37.3 Å². The van der Waals surface area contributed by atoms with Crippen LogP contribution in [0.5, 0.6) is 0 Å². The number of hydrogen-bond donors (Lipinski definition) is 3. The minimum Gasteiger partial charge on any atom is -0.389 e. The fraction of sp³-hybridized carbons (Fsp3) is 0.562. The van der Waals surface area contributed by atoms with Gasteiger partial charge in [0.05, 0.1) is 6.10 Å². The third-order valence-electron chi connectivity index (χ3n) is 3.98. The highest BCUT2D eigenvalue weighted by molar-refractivity contribution is 5.89. The lowest BCUT2D eigenvalue weighted by molar-refractivity contribution is 0.0573. The number of nitrogens with one attached hydrogen (secondary N) is 2. The number of amides is 2. The smallest absolute Gasteiger partial charge is 0.319 e. The molecule has 1 aromatic carbocycles. The molecule has 1 heterocycles. The molecule has 116 valence electrons. The van der Waals surface area contributed by atoms with E-state index in [1.54, 1.807) is 19.1 Å². The Balaban J connectivity index is 1.83. The average molecular weight is 292 g/mol. The van der Waals surface area contributed by atoms with E-state index < -0.39 is 6.10 Å². The van der Waals surface area contributed by atoms with Gasteiger partial charge in [-0.15, -0.1) is 0 Å². The standard InChI is InChI=1S/C16H24N2O3/c1-11(13-7-9-21-10-8-13)17-16(20)18-15-5-3-14(4-6-15)12(2)19/h3-6,11-13,19H,7-10H2,1-2H3,(H2,17,18,20). The van der Waals surface area contributed by atoms with Crippen molar-refractivity contribution in [1.29, 1.82) is 0 Å². The van der Waals surface area contributed by atoms with E-state index in [2.05, 4.69) is 10.6 Å². The van der Waals surface area contributed by atoms with Crippen molar-refractivity contribution in [2.75, 3.05) is 18.5 Å². The zero-order valence-corrected chi connectivity index (χ0v) is 12.6. The number of hydrogen-bond acceptors (Lipinski definition) is 3. The van der Waals surface area contributed by atoms with E-state index in [9.17, 15) is 9.90 Å². The Kier molecular flexibility index (Phi) is 5.59. The number of ether oxygens (including phenoxy) is 1. The molecule has 1 aliphatic heterocycles. The number of aliphatic hydroxyl groups excluding tert-OH is 1. The Labute approximate surface area is 125 Å². The molecule has 0 spiro atoms. The second-order valence-electron chi connectivity index (χ2n) is 5.63. The molecule has 1 fully saturated rings. The minimum atomic E-state index is -0.499. The lowest BCUT2D eigenvalue weighted by atomic mass is 9.93. The molecule has 2 atom stereocenters. The molecule has 5 nitrogen and oxygen atoms in total. The van der Waals surface area contributed by atoms with Gasteiger partial charge in [0.2, 0.25) is 0 Å². The molecule has 2 unspecified atom stereocenters. The van der Waals surface area contributed by atoms with Crippen LogP contribution in [0.3, 0.4) is 0 Å². The normalized spacial score (nSPS) is 18.8. The third kappa shape index (κ3) is 4.72. The first-order valence-corrected chi connectivity index (χ1v) is 7.49. The molecular weight excluding hydrogens is 268 g/mol. The Morgan fingerprint density at radius 3 is 2.43 bits per heavy atom. The predicted molar refractivity (Wildman–Crippen MR) is 82.2 cm³/mol. The number of carbonyl (C=O) groups excluding carboxylic acids is 1. The van der Waals surface area contributed by atoms with E-state index >= 15 is 0 Å². The van der Waals surface area contributed by atoms with Gasteiger partial charge in [-0.05, 0) is 50.3 Å². The Morgan fingerprint density at radius 2 is 1.86 bits per heavy atom. The van der Waals surface area contributed by atoms with Gasteiger partial charge in [0, 0.05) is 24.9 Å². The van der Waals surface area contributed by atoms with Crippen molar-refractivity contribution in [3.05, 3.63) is 29.8 Å². The molecule has 0 radical (unpaired) electrons. The van der Waals surface area contributed by atoms with Crippen LogP contribution in [0, 0.1) is 5.92 Å². The summed E-state index contributed by atoms with van der Waals surface area (Å²) >= 11 is 0. The highest BCUT2D eigenvalue weighted by atomic mass is 16.5. The van der Waals surface area contributed by atoms with Crippen LogP contribution in [-0.4, -0.2) is 30.4 Å². The van der Waals surface area contributed by atoms with Gasteiger partial charge in [-0.1, -0.05) is 12.1 Å². The quantitative estimate of drug-likeness (QED) is 0.799. The van der Waals surface area contributed by atoms with Crippen molar-refractivity contribution in [3.8, 4) is 0 Å². The molecule has 0 saturated carbocycles. The van der Waals surface area contributed by atoms with Crippen LogP contribution in [0.2, 0.25) is 0 Å². The fourth-order valence-corrected chi connectivity index (χ4v) is 2.55. The SMILES string of the molecule is CC(O)c1ccc(NC(=O)NC(C)C2CCOCC2)cc1. The van der Waals surface area contributed by atoms with Gasteiger partial charge in [0.15, 0.2) is 0 Å². The molecule has 0 aromatic heterocycles. The van der Waals surface area contributed by atoms with Crippen molar-refractivity contribution >= 4 is 11.7 Å². The molecule has 2 amide bonds. The van der Waals surface area contributed by atoms with Crippen LogP contribution in [-0.2, 0) is 4.74 Å². The number of anilines is 1. The van der Waals surface area contributed by atoms with Crippen molar-refractivity contribution in [2.45, 2.75) is 38.8 Å². The van der Waals surface area contributed by atoms with Gasteiger partial charge in [0.1, 0.15) is 0 Å². The zero-order chi connectivity index (χ0) is 15.2. The number of carbonyl (C=O) groups is 1. The van der Waals surface area contributed by atoms with E-state index in [1.165, 1.54) is 0 Å². The maximum Gasteiger partial charge on any atom is 0.319 e. The van der Waals surface area contributed by atoms with Crippen LogP contribution in [0.15, 0.2) is 24.3 Å². The number of rotatable bonds is 4. The summed E-state index contributed by atoms with van der Waals surface area (Å²) in [5.41, 5.74) is 1.55. The van der Waals surface area contributed by atoms with Crippen molar-refractivity contribution in [2.24, 2.45) is 5.92 Å². The zero-order valence-electron chi connectivity index (χ0n) is 12.6. The van der Waals surface area contributed by atoms with Crippen molar-refractivity contribution in [3.63, 3.8) is 0 Å². The summed E-state index contributed by atoms with van der Waals surface area (Å²) in [7, 11) is 0. The van der Waals surface area contributed by atoms with Crippen LogP contribution in [0.25, 0.3) is 0 Å². The average Bonchev–Trinajstić information content (AvgIpc) is 2.48. The second kappa shape index (κ2) is 7.43. The van der Waals surface area contributed by atoms with Crippen LogP contribution in [0.4, 0.5) is 10.5 Å². The maximum atomic E-state index is 12.0. The Hall–Kier alpha value is -1.59. The number of urea groups is 1. The summed E-state index contributed by atoms with van der Waals surface area (Å²) in [6.45, 7) is 5.30. The maximum absolute atomic E-state index is 12.0. The van der Waals surface area contributed by atoms with E-state index in [-0.39, 0.29) is 12.1 Å². The lowest BCUT2D eigenvalue weighted by Gasteiger charge is -2.28. The van der Waals surface area contributed by atoms with Crippen LogP contribution < -0.4 is 10.6 Å². The molecular formula is C16H24N2O3. The largest absolute Gasteiger partial charge is 0.389 e. The molecule has 21 heavy (non-hydrogen) atoms. The molecule has 5 heteroatoms. The predicted octanol–water partition coefficient (Wildman–Crippen LogP) is 2.68. The molecule has 0 bridgehead atoms. The summed E-state index contributed by atoms with van der Waals surface area (Å²) in [5, 5.41) is 15.2. The summed E-state index contributed by atoms with van der Waals surface area (Å²) in [5.74, 6) is 0.474. The van der Waals surface area contributed by atoms with Gasteiger partial charge in [-0.2, -0.15) is 0 Å². The van der Waals surface area contributed by atoms with Gasteiger partial charge in [-0.3, -0.25) is 0 Å². The molecule has 1 aliphatic rings. The van der Waals surface area contributed by atoms with E-state index in [1.807, 2.05) is 19.1 Å². The van der Waals surface area contributed by atoms with Gasteiger partial charge >= 0.3 is 6.03 Å². The van der Waals surface area contributed by atoms with Crippen LogP contribution >= 0.6 is 0 Å². The molecule has 3 N–H and O–H groups in total. The Bertz CT molecular complexity index is 453. The second-order valence-corrected chi connectivity index (χ2v) is 5.63. The van der Waals surface area contributed by atoms with Gasteiger partial charge in [0.25, 0.3) is 0 Å². The minimum absolute atomic E-state index is 0.130. The number of aliphatic hydroxyl groups is 1. The molecule has 0 aliphatic carbocycles. The van der Waals surface area contributed by atoms with Gasteiger partial charge in [-0.25, -0.2) is 4.79 Å². The first-order chi connectivity index (χ1) is 10.1. The topological polar surface area (TPSA) is 70.6 Å². The van der Waals surface area contributed by atoms with Crippen LogP contribution in [0.1, 0.15) is 38.4 Å². The van der Waals surface area contributed by atoms with E-state index in [0.29, 0.717) is 5.92 Å². The third-order valence-corrected chi connectivity index (χ3v) is 3.98. The first-order valence-electron chi connectivity index (χ1n) is 7.49. The van der Waals surface area contributed by atoms with Crippen molar-refractivity contribution in [1.82, 2.24) is 5.32 Å². The monoisotopic (exact) mass is 292 g/mol. The van der Waals surface area contributed by atoms with E-state index in [4.69, 9.17) is 4.74 Å².